The SMILES string of the molecule is CCCCCN1CCCC1=O. The Labute approximate surface area is 68.6 Å². The molecule has 0 saturated carbocycles. The van der Waals surface area contributed by atoms with Crippen molar-refractivity contribution in [3.63, 3.8) is 0 Å². The molecular formula is C9H17NO. The van der Waals surface area contributed by atoms with E-state index in [0.29, 0.717) is 5.91 Å². The van der Waals surface area contributed by atoms with Gasteiger partial charge in [0.15, 0.2) is 0 Å². The van der Waals surface area contributed by atoms with Crippen LogP contribution in [0.1, 0.15) is 39.0 Å². The minimum absolute atomic E-state index is 0.362. The lowest BCUT2D eigenvalue weighted by Crippen LogP contribution is -2.25. The molecule has 0 aromatic heterocycles. The van der Waals surface area contributed by atoms with Gasteiger partial charge in [0.25, 0.3) is 0 Å². The Kier molecular flexibility index (Phi) is 3.40. The summed E-state index contributed by atoms with van der Waals surface area (Å²) in [6, 6.07) is 0. The van der Waals surface area contributed by atoms with Crippen LogP contribution in [-0.2, 0) is 4.79 Å². The van der Waals surface area contributed by atoms with E-state index < -0.39 is 0 Å². The molecule has 2 heteroatoms. The molecule has 1 amide bonds. The van der Waals surface area contributed by atoms with Crippen LogP contribution in [0.5, 0.6) is 0 Å². The van der Waals surface area contributed by atoms with Crippen molar-refractivity contribution in [3.05, 3.63) is 0 Å². The Bertz CT molecular complexity index is 134. The van der Waals surface area contributed by atoms with Crippen LogP contribution >= 0.6 is 0 Å². The van der Waals surface area contributed by atoms with E-state index in [9.17, 15) is 4.79 Å². The fraction of sp³-hybridized carbons (Fsp3) is 0.889. The van der Waals surface area contributed by atoms with Crippen LogP contribution in [-0.4, -0.2) is 23.9 Å². The van der Waals surface area contributed by atoms with Crippen LogP contribution < -0.4 is 0 Å². The number of nitrogens with zero attached hydrogens (tertiary/aromatic N) is 1. The maximum atomic E-state index is 11.1. The summed E-state index contributed by atoms with van der Waals surface area (Å²) < 4.78 is 0. The molecular weight excluding hydrogens is 138 g/mol. The molecule has 1 fully saturated rings. The molecule has 0 unspecified atom stereocenters. The highest BCUT2D eigenvalue weighted by molar-refractivity contribution is 5.77. The molecule has 1 heterocycles. The van der Waals surface area contributed by atoms with Crippen LogP contribution in [0.3, 0.4) is 0 Å². The summed E-state index contributed by atoms with van der Waals surface area (Å²) in [6.45, 7) is 4.18. The predicted molar refractivity (Wildman–Crippen MR) is 45.3 cm³/mol. The average molecular weight is 155 g/mol. The standard InChI is InChI=1S/C9H17NO/c1-2-3-4-7-10-8-5-6-9(10)11/h2-8H2,1H3. The van der Waals surface area contributed by atoms with E-state index in [4.69, 9.17) is 0 Å². The number of likely N-dealkylation sites (tertiary alicyclic amines) is 1. The van der Waals surface area contributed by atoms with Gasteiger partial charge in [-0.15, -0.1) is 0 Å². The second-order valence-corrected chi connectivity index (χ2v) is 3.19. The number of unbranched alkanes of at least 4 members (excludes halogenated alkanes) is 2. The van der Waals surface area contributed by atoms with E-state index in [1.807, 2.05) is 4.90 Å². The van der Waals surface area contributed by atoms with Gasteiger partial charge in [-0.25, -0.2) is 0 Å². The van der Waals surface area contributed by atoms with Crippen molar-refractivity contribution in [2.45, 2.75) is 39.0 Å². The predicted octanol–water partition coefficient (Wildman–Crippen LogP) is 1.80. The van der Waals surface area contributed by atoms with Crippen molar-refractivity contribution in [1.82, 2.24) is 4.90 Å². The average Bonchev–Trinajstić information content (AvgIpc) is 2.37. The van der Waals surface area contributed by atoms with E-state index in [1.165, 1.54) is 19.3 Å². The first-order valence-electron chi connectivity index (χ1n) is 4.62. The first-order valence-corrected chi connectivity index (χ1v) is 4.62. The fourth-order valence-electron chi connectivity index (χ4n) is 1.49. The summed E-state index contributed by atoms with van der Waals surface area (Å²) in [5, 5.41) is 0. The largest absolute Gasteiger partial charge is 0.343 e. The van der Waals surface area contributed by atoms with E-state index in [1.54, 1.807) is 0 Å². The zero-order valence-corrected chi connectivity index (χ0v) is 7.31. The molecule has 0 aromatic carbocycles. The summed E-state index contributed by atoms with van der Waals surface area (Å²) in [5.74, 6) is 0.362. The van der Waals surface area contributed by atoms with Crippen LogP contribution in [0.2, 0.25) is 0 Å². The Balaban J connectivity index is 2.10. The third kappa shape index (κ3) is 2.52. The monoisotopic (exact) mass is 155 g/mol. The number of carbonyl (C=O) groups excluding carboxylic acids is 1. The van der Waals surface area contributed by atoms with Crippen molar-refractivity contribution in [3.8, 4) is 0 Å². The summed E-state index contributed by atoms with van der Waals surface area (Å²) >= 11 is 0. The van der Waals surface area contributed by atoms with Gasteiger partial charge in [-0.2, -0.15) is 0 Å². The zero-order valence-electron chi connectivity index (χ0n) is 7.31. The normalized spacial score (nSPS) is 17.9. The van der Waals surface area contributed by atoms with Crippen LogP contribution in [0.25, 0.3) is 0 Å². The van der Waals surface area contributed by atoms with E-state index in [-0.39, 0.29) is 0 Å². The van der Waals surface area contributed by atoms with E-state index >= 15 is 0 Å². The van der Waals surface area contributed by atoms with Gasteiger partial charge >= 0.3 is 0 Å². The summed E-state index contributed by atoms with van der Waals surface area (Å²) in [5.41, 5.74) is 0. The molecule has 0 bridgehead atoms. The highest BCUT2D eigenvalue weighted by Gasteiger charge is 2.18. The number of hydrogen-bond acceptors (Lipinski definition) is 1. The van der Waals surface area contributed by atoms with Gasteiger partial charge in [0, 0.05) is 19.5 Å². The quantitative estimate of drug-likeness (QED) is 0.567. The Hall–Kier alpha value is -0.530. The summed E-state index contributed by atoms with van der Waals surface area (Å²) in [7, 11) is 0. The van der Waals surface area contributed by atoms with Gasteiger partial charge in [-0.1, -0.05) is 19.8 Å². The lowest BCUT2D eigenvalue weighted by Gasteiger charge is -2.14. The third-order valence-corrected chi connectivity index (χ3v) is 2.20. The highest BCUT2D eigenvalue weighted by Crippen LogP contribution is 2.10. The van der Waals surface area contributed by atoms with Crippen molar-refractivity contribution < 1.29 is 4.79 Å². The Morgan fingerprint density at radius 2 is 2.27 bits per heavy atom. The molecule has 0 radical (unpaired) electrons. The van der Waals surface area contributed by atoms with E-state index in [0.717, 1.165) is 25.9 Å². The second-order valence-electron chi connectivity index (χ2n) is 3.19. The third-order valence-electron chi connectivity index (χ3n) is 2.20. The molecule has 0 N–H and O–H groups in total. The van der Waals surface area contributed by atoms with Gasteiger partial charge in [-0.05, 0) is 12.8 Å². The number of carbonyl (C=O) groups is 1. The van der Waals surface area contributed by atoms with Gasteiger partial charge < -0.3 is 4.90 Å². The van der Waals surface area contributed by atoms with Gasteiger partial charge in [0.1, 0.15) is 0 Å². The molecule has 1 aliphatic heterocycles. The molecule has 0 aromatic rings. The van der Waals surface area contributed by atoms with Crippen molar-refractivity contribution in [2.75, 3.05) is 13.1 Å². The van der Waals surface area contributed by atoms with Crippen LogP contribution in [0.15, 0.2) is 0 Å². The smallest absolute Gasteiger partial charge is 0.222 e. The molecule has 2 nitrogen and oxygen atoms in total. The second kappa shape index (κ2) is 4.37. The summed E-state index contributed by atoms with van der Waals surface area (Å²) in [4.78, 5) is 13.1. The van der Waals surface area contributed by atoms with Crippen molar-refractivity contribution >= 4 is 5.91 Å². The molecule has 0 aliphatic carbocycles. The maximum absolute atomic E-state index is 11.1. The highest BCUT2D eigenvalue weighted by atomic mass is 16.2. The van der Waals surface area contributed by atoms with Gasteiger partial charge in [0.2, 0.25) is 5.91 Å². The maximum Gasteiger partial charge on any atom is 0.222 e. The molecule has 1 rings (SSSR count). The Morgan fingerprint density at radius 3 is 2.82 bits per heavy atom. The Morgan fingerprint density at radius 1 is 1.45 bits per heavy atom. The lowest BCUT2D eigenvalue weighted by molar-refractivity contribution is -0.127. The topological polar surface area (TPSA) is 20.3 Å². The number of amides is 1. The minimum atomic E-state index is 0.362. The molecule has 1 aliphatic rings. The minimum Gasteiger partial charge on any atom is -0.343 e. The van der Waals surface area contributed by atoms with Gasteiger partial charge in [-0.3, -0.25) is 4.79 Å². The molecule has 11 heavy (non-hydrogen) atoms. The molecule has 0 atom stereocenters. The van der Waals surface area contributed by atoms with Crippen LogP contribution in [0.4, 0.5) is 0 Å². The lowest BCUT2D eigenvalue weighted by atomic mass is 10.2. The molecule has 1 saturated heterocycles. The van der Waals surface area contributed by atoms with Gasteiger partial charge in [0.05, 0.1) is 0 Å². The first-order chi connectivity index (χ1) is 5.34. The molecule has 0 spiro atoms. The first kappa shape index (κ1) is 8.57. The fourth-order valence-corrected chi connectivity index (χ4v) is 1.49. The number of rotatable bonds is 4. The summed E-state index contributed by atoms with van der Waals surface area (Å²) in [6.07, 6.45) is 5.53. The van der Waals surface area contributed by atoms with Crippen molar-refractivity contribution in [1.29, 1.82) is 0 Å². The van der Waals surface area contributed by atoms with E-state index in [2.05, 4.69) is 6.92 Å². The molecule has 64 valence electrons. The van der Waals surface area contributed by atoms with Crippen LogP contribution in [0, 0.1) is 0 Å². The number of hydrogen-bond donors (Lipinski definition) is 0. The zero-order chi connectivity index (χ0) is 8.10. The van der Waals surface area contributed by atoms with Crippen molar-refractivity contribution in [2.24, 2.45) is 0 Å².